The van der Waals surface area contributed by atoms with Crippen LogP contribution in [0.3, 0.4) is 0 Å². The lowest BCUT2D eigenvalue weighted by molar-refractivity contribution is -0.150. The quantitative estimate of drug-likeness (QED) is 0.875. The smallest absolute Gasteiger partial charge is 0.324 e. The number of nitrogens with one attached hydrogen (secondary N) is 1. The summed E-state index contributed by atoms with van der Waals surface area (Å²) in [4.78, 5) is 11.8. The van der Waals surface area contributed by atoms with Crippen LogP contribution in [0.4, 0.5) is 0 Å². The van der Waals surface area contributed by atoms with Gasteiger partial charge in [0.25, 0.3) is 0 Å². The molecule has 1 aliphatic rings. The zero-order valence-electron chi connectivity index (χ0n) is 11.7. The summed E-state index contributed by atoms with van der Waals surface area (Å²) in [5.41, 5.74) is 0.363. The van der Waals surface area contributed by atoms with Gasteiger partial charge in [0.1, 0.15) is 5.54 Å². The first-order valence-corrected chi connectivity index (χ1v) is 7.08. The van der Waals surface area contributed by atoms with Gasteiger partial charge in [-0.15, -0.1) is 0 Å². The molecule has 2 rings (SSSR count). The average Bonchev–Trinajstić information content (AvgIpc) is 2.41. The van der Waals surface area contributed by atoms with Crippen molar-refractivity contribution in [2.24, 2.45) is 11.8 Å². The molecule has 104 valence electrons. The molecule has 0 bridgehead atoms. The molecule has 0 aliphatic heterocycles. The van der Waals surface area contributed by atoms with Crippen LogP contribution >= 0.6 is 0 Å². The predicted octanol–water partition coefficient (Wildman–Crippen LogP) is 3.06. The maximum Gasteiger partial charge on any atom is 0.324 e. The summed E-state index contributed by atoms with van der Waals surface area (Å²) >= 11 is 0. The van der Waals surface area contributed by atoms with E-state index in [1.807, 2.05) is 30.3 Å². The number of carboxylic acids is 1. The minimum Gasteiger partial charge on any atom is -0.480 e. The number of hydrogen-bond donors (Lipinski definition) is 2. The molecule has 1 saturated carbocycles. The van der Waals surface area contributed by atoms with Crippen LogP contribution in [0, 0.1) is 11.8 Å². The number of carboxylic acid groups (broad SMARTS) is 1. The highest BCUT2D eigenvalue weighted by molar-refractivity contribution is 5.79. The molecular weight excluding hydrogens is 238 g/mol. The largest absolute Gasteiger partial charge is 0.480 e. The first-order valence-electron chi connectivity index (χ1n) is 7.08. The van der Waals surface area contributed by atoms with Crippen molar-refractivity contribution < 1.29 is 9.90 Å². The van der Waals surface area contributed by atoms with E-state index in [9.17, 15) is 9.90 Å². The molecule has 0 spiro atoms. The van der Waals surface area contributed by atoms with Crippen LogP contribution in [0.2, 0.25) is 0 Å². The summed E-state index contributed by atoms with van der Waals surface area (Å²) in [7, 11) is 0. The topological polar surface area (TPSA) is 49.3 Å². The van der Waals surface area contributed by atoms with Gasteiger partial charge in [-0.25, -0.2) is 0 Å². The second-order valence-corrected chi connectivity index (χ2v) is 5.77. The minimum absolute atomic E-state index is 0.155. The Morgan fingerprint density at radius 3 is 2.68 bits per heavy atom. The molecule has 3 heteroatoms. The van der Waals surface area contributed by atoms with Crippen LogP contribution in [-0.2, 0) is 11.3 Å². The third-order valence-electron chi connectivity index (χ3n) is 4.69. The molecule has 0 heterocycles. The van der Waals surface area contributed by atoms with Gasteiger partial charge in [-0.2, -0.15) is 0 Å². The highest BCUT2D eigenvalue weighted by Crippen LogP contribution is 2.38. The lowest BCUT2D eigenvalue weighted by Crippen LogP contribution is -2.59. The monoisotopic (exact) mass is 261 g/mol. The fourth-order valence-electron chi connectivity index (χ4n) is 3.15. The number of aliphatic carboxylic acids is 1. The van der Waals surface area contributed by atoms with Crippen molar-refractivity contribution in [3.63, 3.8) is 0 Å². The lowest BCUT2D eigenvalue weighted by Gasteiger charge is -2.43. The van der Waals surface area contributed by atoms with E-state index in [4.69, 9.17) is 0 Å². The van der Waals surface area contributed by atoms with Crippen LogP contribution < -0.4 is 5.32 Å². The Balaban J connectivity index is 2.14. The van der Waals surface area contributed by atoms with E-state index in [2.05, 4.69) is 19.2 Å². The van der Waals surface area contributed by atoms with Crippen molar-refractivity contribution >= 4 is 5.97 Å². The predicted molar refractivity (Wildman–Crippen MR) is 75.8 cm³/mol. The fraction of sp³-hybridized carbons (Fsp3) is 0.562. The van der Waals surface area contributed by atoms with Gasteiger partial charge >= 0.3 is 5.97 Å². The zero-order valence-corrected chi connectivity index (χ0v) is 11.7. The Labute approximate surface area is 115 Å². The van der Waals surface area contributed by atoms with Crippen molar-refractivity contribution in [2.75, 3.05) is 0 Å². The summed E-state index contributed by atoms with van der Waals surface area (Å²) in [6.45, 7) is 4.84. The van der Waals surface area contributed by atoms with E-state index in [1.165, 1.54) is 0 Å². The van der Waals surface area contributed by atoms with Crippen molar-refractivity contribution in [1.82, 2.24) is 5.32 Å². The standard InChI is InChI=1S/C16H23NO2/c1-12-7-6-10-16(13(12)2,15(18)19)17-11-14-8-4-3-5-9-14/h3-5,8-9,12-13,17H,6-7,10-11H2,1-2H3,(H,18,19). The summed E-state index contributed by atoms with van der Waals surface area (Å²) in [6.07, 6.45) is 2.84. The van der Waals surface area contributed by atoms with Gasteiger partial charge in [0.05, 0.1) is 0 Å². The summed E-state index contributed by atoms with van der Waals surface area (Å²) in [6, 6.07) is 10.00. The molecule has 0 saturated heterocycles. The second-order valence-electron chi connectivity index (χ2n) is 5.77. The van der Waals surface area contributed by atoms with E-state index < -0.39 is 11.5 Å². The van der Waals surface area contributed by atoms with Crippen LogP contribution in [0.15, 0.2) is 30.3 Å². The highest BCUT2D eigenvalue weighted by Gasteiger charge is 2.47. The van der Waals surface area contributed by atoms with E-state index in [-0.39, 0.29) is 5.92 Å². The van der Waals surface area contributed by atoms with Gasteiger partial charge in [-0.1, -0.05) is 57.0 Å². The molecule has 1 fully saturated rings. The Morgan fingerprint density at radius 1 is 1.37 bits per heavy atom. The third-order valence-corrected chi connectivity index (χ3v) is 4.69. The van der Waals surface area contributed by atoms with Crippen LogP contribution in [0.1, 0.15) is 38.7 Å². The first kappa shape index (κ1) is 14.1. The summed E-state index contributed by atoms with van der Waals surface area (Å²) in [5, 5.41) is 13.0. The van der Waals surface area contributed by atoms with Crippen molar-refractivity contribution in [2.45, 2.75) is 45.2 Å². The molecule has 0 amide bonds. The number of hydrogen-bond acceptors (Lipinski definition) is 2. The molecule has 1 aliphatic carbocycles. The molecule has 0 aromatic heterocycles. The maximum atomic E-state index is 11.8. The fourth-order valence-corrected chi connectivity index (χ4v) is 3.15. The average molecular weight is 261 g/mol. The van der Waals surface area contributed by atoms with Gasteiger partial charge in [0.15, 0.2) is 0 Å². The highest BCUT2D eigenvalue weighted by atomic mass is 16.4. The molecule has 1 aromatic carbocycles. The molecule has 3 unspecified atom stereocenters. The van der Waals surface area contributed by atoms with E-state index in [1.54, 1.807) is 0 Å². The third kappa shape index (κ3) is 2.81. The maximum absolute atomic E-state index is 11.8. The summed E-state index contributed by atoms with van der Waals surface area (Å²) in [5.74, 6) is -0.0990. The molecule has 3 atom stereocenters. The van der Waals surface area contributed by atoms with Crippen LogP contribution in [-0.4, -0.2) is 16.6 Å². The molecule has 3 nitrogen and oxygen atoms in total. The molecular formula is C16H23NO2. The Morgan fingerprint density at radius 2 is 2.05 bits per heavy atom. The van der Waals surface area contributed by atoms with Crippen molar-refractivity contribution in [1.29, 1.82) is 0 Å². The van der Waals surface area contributed by atoms with E-state index in [0.717, 1.165) is 24.8 Å². The van der Waals surface area contributed by atoms with Gasteiger partial charge in [-0.05, 0) is 23.8 Å². The van der Waals surface area contributed by atoms with Gasteiger partial charge in [0.2, 0.25) is 0 Å². The summed E-state index contributed by atoms with van der Waals surface area (Å²) < 4.78 is 0. The molecule has 0 radical (unpaired) electrons. The SMILES string of the molecule is CC1CCCC(NCc2ccccc2)(C(=O)O)C1C. The van der Waals surface area contributed by atoms with Gasteiger partial charge in [-0.3, -0.25) is 10.1 Å². The Bertz CT molecular complexity index is 432. The first-order chi connectivity index (χ1) is 9.06. The molecule has 1 aromatic rings. The minimum atomic E-state index is -0.770. The number of carbonyl (C=O) groups is 1. The molecule has 19 heavy (non-hydrogen) atoms. The van der Waals surface area contributed by atoms with Crippen LogP contribution in [0.5, 0.6) is 0 Å². The van der Waals surface area contributed by atoms with Crippen molar-refractivity contribution in [3.05, 3.63) is 35.9 Å². The normalized spacial score (nSPS) is 31.1. The van der Waals surface area contributed by atoms with Gasteiger partial charge in [0, 0.05) is 6.54 Å². The van der Waals surface area contributed by atoms with Crippen LogP contribution in [0.25, 0.3) is 0 Å². The van der Waals surface area contributed by atoms with E-state index >= 15 is 0 Å². The van der Waals surface area contributed by atoms with Crippen molar-refractivity contribution in [3.8, 4) is 0 Å². The van der Waals surface area contributed by atoms with E-state index in [0.29, 0.717) is 12.5 Å². The van der Waals surface area contributed by atoms with Gasteiger partial charge < -0.3 is 5.11 Å². The Kier molecular flexibility index (Phi) is 4.25. The lowest BCUT2D eigenvalue weighted by atomic mass is 9.68. The zero-order chi connectivity index (χ0) is 13.9. The second kappa shape index (κ2) is 5.74. The Hall–Kier alpha value is -1.35. The molecule has 2 N–H and O–H groups in total. The number of rotatable bonds is 4. The number of benzene rings is 1.